The molecule has 0 fully saturated rings. The van der Waals surface area contributed by atoms with Crippen LogP contribution < -0.4 is 24.4 Å². The van der Waals surface area contributed by atoms with E-state index >= 15 is 0 Å². The van der Waals surface area contributed by atoms with Crippen LogP contribution in [-0.4, -0.2) is 31.4 Å². The largest absolute Gasteiger partial charge is 0.497 e. The molecule has 176 valence electrons. The number of methoxy groups -OCH3 is 2. The van der Waals surface area contributed by atoms with Gasteiger partial charge in [-0.1, -0.05) is 23.5 Å². The number of carbonyl (C=O) groups is 1. The molecule has 0 radical (unpaired) electrons. The quantitative estimate of drug-likeness (QED) is 0.325. The summed E-state index contributed by atoms with van der Waals surface area (Å²) in [4.78, 5) is 31.8. The molecule has 2 heterocycles. The van der Waals surface area contributed by atoms with Crippen LogP contribution in [0.5, 0.6) is 11.5 Å². The Labute approximate surface area is 214 Å². The number of hydrogen-bond donors (Lipinski definition) is 0. The second-order valence-corrected chi connectivity index (χ2v) is 9.72. The maximum absolute atomic E-state index is 13.7. The van der Waals surface area contributed by atoms with Gasteiger partial charge in [-0.05, 0) is 72.3 Å². The molecule has 34 heavy (non-hydrogen) atoms. The molecule has 0 unspecified atom stereocenters. The Balaban J connectivity index is 1.99. The lowest BCUT2D eigenvalue weighted by molar-refractivity contribution is -0.139. The van der Waals surface area contributed by atoms with Gasteiger partial charge in [-0.3, -0.25) is 9.36 Å². The number of aromatic nitrogens is 1. The summed E-state index contributed by atoms with van der Waals surface area (Å²) >= 11 is 3.53. The highest BCUT2D eigenvalue weighted by atomic mass is 127. The van der Waals surface area contributed by atoms with Gasteiger partial charge in [0.05, 0.1) is 36.6 Å². The minimum Gasteiger partial charge on any atom is -0.497 e. The topological polar surface area (TPSA) is 79.1 Å². The van der Waals surface area contributed by atoms with Gasteiger partial charge >= 0.3 is 5.97 Å². The van der Waals surface area contributed by atoms with E-state index in [-0.39, 0.29) is 12.2 Å². The predicted molar refractivity (Wildman–Crippen MR) is 139 cm³/mol. The highest BCUT2D eigenvalue weighted by molar-refractivity contribution is 14.1. The first-order chi connectivity index (χ1) is 16.4. The Kier molecular flexibility index (Phi) is 7.22. The van der Waals surface area contributed by atoms with E-state index in [1.54, 1.807) is 50.8 Å². The molecular weight excluding hydrogens is 567 g/mol. The Morgan fingerprint density at radius 1 is 1.18 bits per heavy atom. The molecule has 0 bridgehead atoms. The number of hydrogen-bond acceptors (Lipinski definition) is 7. The summed E-state index contributed by atoms with van der Waals surface area (Å²) in [6.07, 6.45) is 1.84. The van der Waals surface area contributed by atoms with Crippen molar-refractivity contribution in [2.45, 2.75) is 19.9 Å². The number of carbonyl (C=O) groups excluding carboxylic acids is 1. The summed E-state index contributed by atoms with van der Waals surface area (Å²) in [7, 11) is 3.11. The molecule has 0 saturated heterocycles. The van der Waals surface area contributed by atoms with Crippen molar-refractivity contribution in [2.24, 2.45) is 4.99 Å². The fourth-order valence-electron chi connectivity index (χ4n) is 3.84. The first kappa shape index (κ1) is 24.2. The molecular formula is C25H23IN2O5S. The van der Waals surface area contributed by atoms with Crippen LogP contribution in [0.15, 0.2) is 63.5 Å². The Bertz CT molecular complexity index is 1450. The molecule has 1 atom stereocenters. The summed E-state index contributed by atoms with van der Waals surface area (Å²) in [6.45, 7) is 3.71. The third-order valence-corrected chi connectivity index (χ3v) is 7.12. The van der Waals surface area contributed by atoms with E-state index in [1.165, 1.54) is 11.3 Å². The van der Waals surface area contributed by atoms with Crippen molar-refractivity contribution >= 4 is 46.0 Å². The number of esters is 1. The van der Waals surface area contributed by atoms with Gasteiger partial charge in [-0.15, -0.1) is 0 Å². The Hall–Kier alpha value is -2.92. The van der Waals surface area contributed by atoms with Gasteiger partial charge in [0.1, 0.15) is 17.5 Å². The first-order valence-corrected chi connectivity index (χ1v) is 12.4. The number of allylic oxidation sites excluding steroid dienone is 1. The van der Waals surface area contributed by atoms with Crippen molar-refractivity contribution in [2.75, 3.05) is 20.8 Å². The van der Waals surface area contributed by atoms with Crippen LogP contribution in [0.4, 0.5) is 0 Å². The standard InChI is InChI=1S/C25H23IN2O5S/c1-5-33-24(30)21-14(2)27-25-28(22(21)18-11-10-17(31-3)13-19(18)32-4)23(29)20(34-25)12-15-6-8-16(26)9-7-15/h6-13,22H,5H2,1-4H3/b20-12-/t22-/m0/s1. The van der Waals surface area contributed by atoms with E-state index in [0.29, 0.717) is 37.7 Å². The summed E-state index contributed by atoms with van der Waals surface area (Å²) < 4.78 is 19.5. The van der Waals surface area contributed by atoms with Crippen molar-refractivity contribution in [3.8, 4) is 11.5 Å². The van der Waals surface area contributed by atoms with Crippen molar-refractivity contribution in [1.82, 2.24) is 4.57 Å². The highest BCUT2D eigenvalue weighted by Gasteiger charge is 2.35. The molecule has 3 aromatic rings. The maximum atomic E-state index is 13.7. The maximum Gasteiger partial charge on any atom is 0.338 e. The Morgan fingerprint density at radius 2 is 1.91 bits per heavy atom. The highest BCUT2D eigenvalue weighted by Crippen LogP contribution is 2.37. The number of ether oxygens (including phenoxy) is 3. The van der Waals surface area contributed by atoms with E-state index in [4.69, 9.17) is 14.2 Å². The zero-order valence-electron chi connectivity index (χ0n) is 19.1. The van der Waals surface area contributed by atoms with Crippen LogP contribution >= 0.6 is 33.9 Å². The molecule has 0 saturated carbocycles. The minimum absolute atomic E-state index is 0.208. The van der Waals surface area contributed by atoms with Crippen LogP contribution in [0.2, 0.25) is 0 Å². The lowest BCUT2D eigenvalue weighted by Gasteiger charge is -2.26. The molecule has 1 aromatic heterocycles. The van der Waals surface area contributed by atoms with E-state index < -0.39 is 12.0 Å². The molecule has 0 spiro atoms. The fourth-order valence-corrected chi connectivity index (χ4v) is 5.25. The fraction of sp³-hybridized carbons (Fsp3) is 0.240. The molecule has 1 aliphatic heterocycles. The Morgan fingerprint density at radius 3 is 2.56 bits per heavy atom. The van der Waals surface area contributed by atoms with Gasteiger partial charge in [-0.2, -0.15) is 0 Å². The zero-order valence-corrected chi connectivity index (χ0v) is 22.1. The number of rotatable bonds is 6. The molecule has 0 amide bonds. The van der Waals surface area contributed by atoms with Crippen LogP contribution in [-0.2, 0) is 9.53 Å². The van der Waals surface area contributed by atoms with Crippen LogP contribution in [0, 0.1) is 3.57 Å². The van der Waals surface area contributed by atoms with Gasteiger partial charge in [0, 0.05) is 15.2 Å². The third kappa shape index (κ3) is 4.54. The van der Waals surface area contributed by atoms with Gasteiger partial charge in [0.15, 0.2) is 4.80 Å². The summed E-state index contributed by atoms with van der Waals surface area (Å²) in [5, 5.41) is 0. The number of fused-ring (bicyclic) bond motifs is 1. The number of halogens is 1. The summed E-state index contributed by atoms with van der Waals surface area (Å²) in [5.41, 5.74) is 2.12. The zero-order chi connectivity index (χ0) is 24.4. The number of benzene rings is 2. The van der Waals surface area contributed by atoms with E-state index in [1.807, 2.05) is 30.3 Å². The van der Waals surface area contributed by atoms with Crippen LogP contribution in [0.25, 0.3) is 6.08 Å². The summed E-state index contributed by atoms with van der Waals surface area (Å²) in [5.74, 6) is 0.580. The third-order valence-electron chi connectivity index (χ3n) is 5.42. The monoisotopic (exact) mass is 590 g/mol. The smallest absolute Gasteiger partial charge is 0.338 e. The second kappa shape index (κ2) is 10.1. The molecule has 0 aliphatic carbocycles. The van der Waals surface area contributed by atoms with Gasteiger partial charge in [0.25, 0.3) is 5.56 Å². The molecule has 0 N–H and O–H groups in total. The van der Waals surface area contributed by atoms with Crippen molar-refractivity contribution in [3.05, 3.63) is 88.1 Å². The molecule has 4 rings (SSSR count). The van der Waals surface area contributed by atoms with Crippen LogP contribution in [0.1, 0.15) is 31.0 Å². The van der Waals surface area contributed by atoms with E-state index in [2.05, 4.69) is 27.6 Å². The predicted octanol–water partition coefficient (Wildman–Crippen LogP) is 3.42. The van der Waals surface area contributed by atoms with Gasteiger partial charge in [0.2, 0.25) is 0 Å². The second-order valence-electron chi connectivity index (χ2n) is 7.46. The number of thiazole rings is 1. The van der Waals surface area contributed by atoms with Crippen molar-refractivity contribution in [3.63, 3.8) is 0 Å². The lowest BCUT2D eigenvalue weighted by Crippen LogP contribution is -2.40. The number of nitrogens with zero attached hydrogens (tertiary/aromatic N) is 2. The summed E-state index contributed by atoms with van der Waals surface area (Å²) in [6, 6.07) is 12.4. The molecule has 7 nitrogen and oxygen atoms in total. The van der Waals surface area contributed by atoms with Crippen molar-refractivity contribution in [1.29, 1.82) is 0 Å². The SMILES string of the molecule is CCOC(=O)C1=C(C)N=c2s/c(=C\c3ccc(I)cc3)c(=O)n2[C@H]1c1ccc(OC)cc1OC. The van der Waals surface area contributed by atoms with Gasteiger partial charge in [-0.25, -0.2) is 9.79 Å². The average molecular weight is 590 g/mol. The van der Waals surface area contributed by atoms with Crippen molar-refractivity contribution < 1.29 is 19.0 Å². The lowest BCUT2D eigenvalue weighted by atomic mass is 9.95. The normalized spacial score (nSPS) is 15.6. The molecule has 1 aliphatic rings. The van der Waals surface area contributed by atoms with Gasteiger partial charge < -0.3 is 14.2 Å². The van der Waals surface area contributed by atoms with E-state index in [9.17, 15) is 9.59 Å². The minimum atomic E-state index is -0.755. The average Bonchev–Trinajstić information content (AvgIpc) is 3.13. The molecule has 2 aromatic carbocycles. The van der Waals surface area contributed by atoms with E-state index in [0.717, 1.165) is 9.13 Å². The van der Waals surface area contributed by atoms with Crippen LogP contribution in [0.3, 0.4) is 0 Å². The first-order valence-electron chi connectivity index (χ1n) is 10.5. The molecule has 9 heteroatoms.